The van der Waals surface area contributed by atoms with Crippen molar-refractivity contribution in [3.8, 4) is 0 Å². The maximum atomic E-state index is 6.35. The molecule has 1 aliphatic carbocycles. The number of nitrogens with zero attached hydrogens (tertiary/aromatic N) is 1. The lowest BCUT2D eigenvalue weighted by Crippen LogP contribution is -2.25. The van der Waals surface area contributed by atoms with E-state index in [0.717, 1.165) is 27.3 Å². The number of thioether (sulfide) groups is 1. The summed E-state index contributed by atoms with van der Waals surface area (Å²) in [6, 6.07) is 14.6. The van der Waals surface area contributed by atoms with Crippen LogP contribution in [0.4, 0.5) is 5.69 Å². The van der Waals surface area contributed by atoms with Crippen molar-refractivity contribution in [1.82, 2.24) is 0 Å². The van der Waals surface area contributed by atoms with Crippen LogP contribution < -0.4 is 10.9 Å². The van der Waals surface area contributed by atoms with E-state index in [2.05, 4.69) is 24.3 Å². The average molecular weight is 319 g/mol. The maximum absolute atomic E-state index is 6.35. The lowest BCUT2D eigenvalue weighted by atomic mass is 10.1. The van der Waals surface area contributed by atoms with E-state index in [1.165, 1.54) is 24.0 Å². The molecule has 4 heteroatoms. The maximum Gasteiger partial charge on any atom is 0.0664 e. The van der Waals surface area contributed by atoms with Crippen molar-refractivity contribution in [2.24, 2.45) is 5.84 Å². The highest BCUT2D eigenvalue weighted by Gasteiger charge is 2.25. The molecule has 21 heavy (non-hydrogen) atoms. The van der Waals surface area contributed by atoms with Crippen LogP contribution in [0, 0.1) is 0 Å². The third-order valence-electron chi connectivity index (χ3n) is 3.77. The van der Waals surface area contributed by atoms with E-state index in [0.29, 0.717) is 0 Å². The molecule has 2 nitrogen and oxygen atoms in total. The summed E-state index contributed by atoms with van der Waals surface area (Å²) in [5.74, 6) is 7.60. The van der Waals surface area contributed by atoms with Gasteiger partial charge < -0.3 is 5.01 Å². The highest BCUT2D eigenvalue weighted by molar-refractivity contribution is 7.98. The molecule has 1 fully saturated rings. The number of nitrogens with two attached hydrogens (primary N) is 1. The molecule has 0 heterocycles. The molecular weight excluding hydrogens is 300 g/mol. The Morgan fingerprint density at radius 2 is 1.95 bits per heavy atom. The Bertz CT molecular complexity index is 638. The molecule has 0 amide bonds. The van der Waals surface area contributed by atoms with Gasteiger partial charge in [-0.2, -0.15) is 0 Å². The van der Waals surface area contributed by atoms with Crippen LogP contribution in [-0.2, 0) is 5.75 Å². The van der Waals surface area contributed by atoms with Gasteiger partial charge >= 0.3 is 0 Å². The summed E-state index contributed by atoms with van der Waals surface area (Å²) >= 11 is 8.11. The Morgan fingerprint density at radius 3 is 2.67 bits per heavy atom. The van der Waals surface area contributed by atoms with Crippen LogP contribution in [0.25, 0.3) is 0 Å². The molecule has 0 aliphatic heterocycles. The third-order valence-corrected chi connectivity index (χ3v) is 5.37. The molecule has 0 aromatic heterocycles. The number of hydrazine groups is 1. The fraction of sp³-hybridized carbons (Fsp3) is 0.294. The van der Waals surface area contributed by atoms with Crippen molar-refractivity contribution < 1.29 is 0 Å². The lowest BCUT2D eigenvalue weighted by molar-refractivity contribution is 0.996. The van der Waals surface area contributed by atoms with Gasteiger partial charge in [0.05, 0.1) is 15.6 Å². The molecule has 0 spiro atoms. The zero-order valence-electron chi connectivity index (χ0n) is 12.1. The van der Waals surface area contributed by atoms with Crippen LogP contribution in [0.1, 0.15) is 29.9 Å². The second-order valence-corrected chi connectivity index (χ2v) is 6.85. The Hall–Kier alpha value is -1.16. The number of hydrogen-bond donors (Lipinski definition) is 1. The molecule has 3 rings (SSSR count). The van der Waals surface area contributed by atoms with Gasteiger partial charge in [0.2, 0.25) is 0 Å². The third kappa shape index (κ3) is 3.37. The van der Waals surface area contributed by atoms with Gasteiger partial charge in [-0.15, -0.1) is 11.8 Å². The molecule has 1 saturated carbocycles. The second-order valence-electron chi connectivity index (χ2n) is 5.46. The van der Waals surface area contributed by atoms with Crippen LogP contribution in [-0.4, -0.2) is 7.05 Å². The minimum absolute atomic E-state index is 0.763. The summed E-state index contributed by atoms with van der Waals surface area (Å²) in [5.41, 5.74) is 3.88. The number of anilines is 1. The average Bonchev–Trinajstić information content (AvgIpc) is 3.30. The van der Waals surface area contributed by atoms with Gasteiger partial charge in [-0.3, -0.25) is 0 Å². The van der Waals surface area contributed by atoms with E-state index < -0.39 is 0 Å². The fourth-order valence-electron chi connectivity index (χ4n) is 2.53. The molecule has 0 atom stereocenters. The van der Waals surface area contributed by atoms with Crippen LogP contribution in [0.3, 0.4) is 0 Å². The SMILES string of the molecule is CN(N)c1cccc(Cl)c1SCc1ccccc1C1CC1. The lowest BCUT2D eigenvalue weighted by Gasteiger charge is -2.18. The quantitative estimate of drug-likeness (QED) is 0.487. The molecule has 0 bridgehead atoms. The molecule has 110 valence electrons. The number of halogens is 1. The van der Waals surface area contributed by atoms with E-state index >= 15 is 0 Å². The first-order chi connectivity index (χ1) is 10.2. The van der Waals surface area contributed by atoms with Gasteiger partial charge in [0.15, 0.2) is 0 Å². The van der Waals surface area contributed by atoms with Crippen LogP contribution in [0.2, 0.25) is 5.02 Å². The van der Waals surface area contributed by atoms with Gasteiger partial charge in [0.1, 0.15) is 0 Å². The monoisotopic (exact) mass is 318 g/mol. The van der Waals surface area contributed by atoms with E-state index in [-0.39, 0.29) is 0 Å². The Balaban J connectivity index is 1.82. The topological polar surface area (TPSA) is 29.3 Å². The Labute approximate surface area is 135 Å². The van der Waals surface area contributed by atoms with Gasteiger partial charge in [0, 0.05) is 12.8 Å². The smallest absolute Gasteiger partial charge is 0.0664 e. The minimum atomic E-state index is 0.763. The van der Waals surface area contributed by atoms with E-state index in [4.69, 9.17) is 17.4 Å². The van der Waals surface area contributed by atoms with Crippen LogP contribution in [0.5, 0.6) is 0 Å². The number of rotatable bonds is 5. The van der Waals surface area contributed by atoms with Gasteiger partial charge in [-0.25, -0.2) is 5.84 Å². The van der Waals surface area contributed by atoms with Crippen molar-refractivity contribution >= 4 is 29.1 Å². The van der Waals surface area contributed by atoms with Crippen LogP contribution in [0.15, 0.2) is 47.4 Å². The molecule has 0 radical (unpaired) electrons. The molecule has 2 N–H and O–H groups in total. The zero-order valence-corrected chi connectivity index (χ0v) is 13.6. The predicted molar refractivity (Wildman–Crippen MR) is 92.0 cm³/mol. The standard InChI is InChI=1S/C17H19ClN2S/c1-20(19)16-8-4-7-15(18)17(16)21-11-13-5-2-3-6-14(13)12-9-10-12/h2-8,12H,9-11,19H2,1H3. The first kappa shape index (κ1) is 14.8. The van der Waals surface area contributed by atoms with Gasteiger partial charge in [-0.1, -0.05) is 41.9 Å². The van der Waals surface area contributed by atoms with E-state index in [1.807, 2.05) is 25.2 Å². The van der Waals surface area contributed by atoms with Gasteiger partial charge in [-0.05, 0) is 42.0 Å². The summed E-state index contributed by atoms with van der Waals surface area (Å²) in [6.45, 7) is 0. The van der Waals surface area contributed by atoms with Crippen molar-refractivity contribution in [2.45, 2.75) is 29.4 Å². The normalized spacial score (nSPS) is 14.2. The summed E-state index contributed by atoms with van der Waals surface area (Å²) in [5, 5.41) is 2.39. The summed E-state index contributed by atoms with van der Waals surface area (Å²) in [6.07, 6.45) is 2.65. The Morgan fingerprint density at radius 1 is 1.19 bits per heavy atom. The first-order valence-corrected chi connectivity index (χ1v) is 8.50. The second kappa shape index (κ2) is 6.30. The van der Waals surface area contributed by atoms with E-state index in [9.17, 15) is 0 Å². The first-order valence-electron chi connectivity index (χ1n) is 7.14. The van der Waals surface area contributed by atoms with Crippen molar-refractivity contribution in [3.05, 3.63) is 58.6 Å². The van der Waals surface area contributed by atoms with E-state index in [1.54, 1.807) is 16.8 Å². The van der Waals surface area contributed by atoms with Gasteiger partial charge in [0.25, 0.3) is 0 Å². The Kier molecular flexibility index (Phi) is 4.43. The molecule has 2 aromatic rings. The number of benzene rings is 2. The predicted octanol–water partition coefficient (Wildman–Crippen LogP) is 4.82. The fourth-order valence-corrected chi connectivity index (χ4v) is 3.99. The van der Waals surface area contributed by atoms with Crippen molar-refractivity contribution in [3.63, 3.8) is 0 Å². The highest BCUT2D eigenvalue weighted by Crippen LogP contribution is 2.44. The van der Waals surface area contributed by atoms with Crippen molar-refractivity contribution in [2.75, 3.05) is 12.1 Å². The highest BCUT2D eigenvalue weighted by atomic mass is 35.5. The van der Waals surface area contributed by atoms with Crippen molar-refractivity contribution in [1.29, 1.82) is 0 Å². The number of hydrogen-bond acceptors (Lipinski definition) is 3. The summed E-state index contributed by atoms with van der Waals surface area (Å²) in [7, 11) is 1.84. The molecular formula is C17H19ClN2S. The van der Waals surface area contributed by atoms with Crippen LogP contribution >= 0.6 is 23.4 Å². The molecule has 1 aliphatic rings. The summed E-state index contributed by atoms with van der Waals surface area (Å²) in [4.78, 5) is 1.05. The summed E-state index contributed by atoms with van der Waals surface area (Å²) < 4.78 is 0. The molecule has 0 saturated heterocycles. The minimum Gasteiger partial charge on any atom is -0.313 e. The largest absolute Gasteiger partial charge is 0.313 e. The molecule has 0 unspecified atom stereocenters. The zero-order chi connectivity index (χ0) is 14.8. The molecule has 2 aromatic carbocycles.